The van der Waals surface area contributed by atoms with E-state index in [9.17, 15) is 4.79 Å². The van der Waals surface area contributed by atoms with Crippen LogP contribution in [-0.2, 0) is 9.53 Å². The maximum absolute atomic E-state index is 13.1. The molecule has 5 rings (SSSR count). The molecule has 5 aliphatic rings. The monoisotopic (exact) mass is 297 g/mol. The Labute approximate surface area is 126 Å². The van der Waals surface area contributed by atoms with Gasteiger partial charge in [-0.25, -0.2) is 0 Å². The van der Waals surface area contributed by atoms with Gasteiger partial charge in [-0.05, 0) is 56.3 Å². The lowest BCUT2D eigenvalue weighted by Crippen LogP contribution is -2.57. The van der Waals surface area contributed by atoms with Crippen LogP contribution in [-0.4, -0.2) is 42.5 Å². The van der Waals surface area contributed by atoms with Crippen molar-refractivity contribution in [1.29, 1.82) is 0 Å². The van der Waals surface area contributed by atoms with Crippen LogP contribution in [0.25, 0.3) is 0 Å². The number of rotatable bonds is 2. The summed E-state index contributed by atoms with van der Waals surface area (Å²) in [5.41, 5.74) is -0.0110. The third kappa shape index (κ3) is 2.09. The van der Waals surface area contributed by atoms with Gasteiger partial charge in [0.1, 0.15) is 0 Å². The first kappa shape index (κ1) is 13.4. The number of hydrogen-bond donors (Lipinski definition) is 0. The maximum Gasteiger partial charge on any atom is 0.228 e. The largest absolute Gasteiger partial charge is 0.373 e. The summed E-state index contributed by atoms with van der Waals surface area (Å²) in [7, 11) is 0. The molecule has 5 fully saturated rings. The average Bonchev–Trinajstić information content (AvgIpc) is 2.45. The molecule has 1 saturated heterocycles. The Morgan fingerprint density at radius 2 is 1.75 bits per heavy atom. The number of nitrogens with zero attached hydrogens (tertiary/aromatic N) is 1. The topological polar surface area (TPSA) is 29.5 Å². The lowest BCUT2D eigenvalue weighted by molar-refractivity contribution is -0.163. The molecule has 0 aromatic heterocycles. The molecule has 0 N–H and O–H groups in total. The summed E-state index contributed by atoms with van der Waals surface area (Å²) in [4.78, 5) is 15.2. The molecule has 112 valence electrons. The number of carbonyl (C=O) groups is 1. The van der Waals surface area contributed by atoms with Crippen LogP contribution < -0.4 is 0 Å². The van der Waals surface area contributed by atoms with Crippen molar-refractivity contribution in [3.8, 4) is 0 Å². The zero-order chi connectivity index (χ0) is 13.7. The van der Waals surface area contributed by atoms with Gasteiger partial charge >= 0.3 is 0 Å². The van der Waals surface area contributed by atoms with Gasteiger partial charge in [-0.2, -0.15) is 0 Å². The van der Waals surface area contributed by atoms with Crippen LogP contribution >= 0.6 is 11.6 Å². The number of carbonyl (C=O) groups excluding carboxylic acids is 1. The normalized spacial score (nSPS) is 46.8. The molecule has 20 heavy (non-hydrogen) atoms. The molecule has 0 spiro atoms. The van der Waals surface area contributed by atoms with Gasteiger partial charge in [0.2, 0.25) is 5.91 Å². The van der Waals surface area contributed by atoms with E-state index in [1.165, 1.54) is 19.3 Å². The quantitative estimate of drug-likeness (QED) is 0.734. The molecule has 4 bridgehead atoms. The Morgan fingerprint density at radius 1 is 1.15 bits per heavy atom. The zero-order valence-electron chi connectivity index (χ0n) is 12.0. The first-order valence-electron chi connectivity index (χ1n) is 8.15. The minimum atomic E-state index is -0.0110. The number of morpholine rings is 1. The number of alkyl halides is 1. The summed E-state index contributed by atoms with van der Waals surface area (Å²) < 4.78 is 5.60. The Balaban J connectivity index is 1.53. The first-order chi connectivity index (χ1) is 9.68. The van der Waals surface area contributed by atoms with E-state index in [4.69, 9.17) is 16.3 Å². The molecule has 0 aromatic rings. The second kappa shape index (κ2) is 4.88. The lowest BCUT2D eigenvalue weighted by atomic mass is 9.49. The molecule has 1 unspecified atom stereocenters. The smallest absolute Gasteiger partial charge is 0.228 e. The number of halogens is 1. The van der Waals surface area contributed by atoms with E-state index in [1.807, 2.05) is 0 Å². The SMILES string of the molecule is O=C(N1CCOC(CCl)C1)C12CC3CC(CC(C3)C1)C2. The predicted molar refractivity (Wildman–Crippen MR) is 77.6 cm³/mol. The van der Waals surface area contributed by atoms with Crippen molar-refractivity contribution in [2.75, 3.05) is 25.6 Å². The highest BCUT2D eigenvalue weighted by Crippen LogP contribution is 2.60. The molecule has 1 heterocycles. The number of ether oxygens (including phenoxy) is 1. The fraction of sp³-hybridized carbons (Fsp3) is 0.938. The maximum atomic E-state index is 13.1. The van der Waals surface area contributed by atoms with Crippen molar-refractivity contribution in [3.05, 3.63) is 0 Å². The minimum Gasteiger partial charge on any atom is -0.373 e. The van der Waals surface area contributed by atoms with Gasteiger partial charge in [0.05, 0.1) is 24.0 Å². The van der Waals surface area contributed by atoms with Crippen molar-refractivity contribution in [2.24, 2.45) is 23.2 Å². The van der Waals surface area contributed by atoms with Crippen LogP contribution in [0.1, 0.15) is 38.5 Å². The van der Waals surface area contributed by atoms with Gasteiger partial charge in [-0.1, -0.05) is 0 Å². The van der Waals surface area contributed by atoms with E-state index in [0.717, 1.165) is 43.6 Å². The van der Waals surface area contributed by atoms with Gasteiger partial charge in [0, 0.05) is 13.1 Å². The van der Waals surface area contributed by atoms with Crippen LogP contribution in [0.4, 0.5) is 0 Å². The standard InChI is InChI=1S/C16H24ClNO2/c17-9-14-10-18(1-2-20-14)15(19)16-6-11-3-12(7-16)5-13(4-11)8-16/h11-14H,1-10H2. The van der Waals surface area contributed by atoms with Gasteiger partial charge in [-0.3, -0.25) is 4.79 Å². The summed E-state index contributed by atoms with van der Waals surface area (Å²) in [6.45, 7) is 2.10. The Hall–Kier alpha value is -0.280. The van der Waals surface area contributed by atoms with E-state index in [1.54, 1.807) is 0 Å². The third-order valence-electron chi connectivity index (χ3n) is 6.09. The molecule has 4 aliphatic carbocycles. The Kier molecular flexibility index (Phi) is 3.26. The first-order valence-corrected chi connectivity index (χ1v) is 8.69. The molecule has 0 aromatic carbocycles. The minimum absolute atomic E-state index is 0.0110. The van der Waals surface area contributed by atoms with Gasteiger partial charge in [-0.15, -0.1) is 11.6 Å². The van der Waals surface area contributed by atoms with Crippen LogP contribution in [0.15, 0.2) is 0 Å². The highest BCUT2D eigenvalue weighted by atomic mass is 35.5. The fourth-order valence-corrected chi connectivity index (χ4v) is 5.89. The fourth-order valence-electron chi connectivity index (χ4n) is 5.71. The second-order valence-corrected chi connectivity index (χ2v) is 7.90. The predicted octanol–water partition coefficient (Wildman–Crippen LogP) is 2.67. The highest BCUT2D eigenvalue weighted by molar-refractivity contribution is 6.18. The summed E-state index contributed by atoms with van der Waals surface area (Å²) in [5, 5.41) is 0. The number of amides is 1. The van der Waals surface area contributed by atoms with Crippen LogP contribution in [0.3, 0.4) is 0 Å². The third-order valence-corrected chi connectivity index (χ3v) is 6.43. The summed E-state index contributed by atoms with van der Waals surface area (Å²) in [5.74, 6) is 3.40. The molecule has 3 nitrogen and oxygen atoms in total. The molecule has 4 saturated carbocycles. The van der Waals surface area contributed by atoms with Crippen LogP contribution in [0.5, 0.6) is 0 Å². The Bertz CT molecular complexity index is 376. The van der Waals surface area contributed by atoms with E-state index < -0.39 is 0 Å². The van der Waals surface area contributed by atoms with E-state index in [0.29, 0.717) is 24.9 Å². The van der Waals surface area contributed by atoms with Crippen molar-refractivity contribution in [2.45, 2.75) is 44.6 Å². The highest BCUT2D eigenvalue weighted by Gasteiger charge is 2.55. The molecule has 1 aliphatic heterocycles. The van der Waals surface area contributed by atoms with E-state index in [2.05, 4.69) is 4.90 Å². The van der Waals surface area contributed by atoms with Gasteiger partial charge in [0.25, 0.3) is 0 Å². The van der Waals surface area contributed by atoms with Crippen LogP contribution in [0.2, 0.25) is 0 Å². The average molecular weight is 298 g/mol. The van der Waals surface area contributed by atoms with Crippen molar-refractivity contribution in [3.63, 3.8) is 0 Å². The van der Waals surface area contributed by atoms with Crippen molar-refractivity contribution in [1.82, 2.24) is 4.90 Å². The van der Waals surface area contributed by atoms with Gasteiger partial charge in [0.15, 0.2) is 0 Å². The summed E-state index contributed by atoms with van der Waals surface area (Å²) in [6.07, 6.45) is 7.66. The molecule has 0 radical (unpaired) electrons. The Morgan fingerprint density at radius 3 is 2.30 bits per heavy atom. The zero-order valence-corrected chi connectivity index (χ0v) is 12.8. The lowest BCUT2D eigenvalue weighted by Gasteiger charge is -2.57. The molecular formula is C16H24ClNO2. The summed E-state index contributed by atoms with van der Waals surface area (Å²) in [6, 6.07) is 0. The van der Waals surface area contributed by atoms with Crippen molar-refractivity contribution >= 4 is 17.5 Å². The molecule has 4 heteroatoms. The second-order valence-electron chi connectivity index (χ2n) is 7.60. The molecular weight excluding hydrogens is 274 g/mol. The molecule has 1 amide bonds. The molecule has 1 atom stereocenters. The number of hydrogen-bond acceptors (Lipinski definition) is 2. The van der Waals surface area contributed by atoms with Gasteiger partial charge < -0.3 is 9.64 Å². The van der Waals surface area contributed by atoms with E-state index >= 15 is 0 Å². The van der Waals surface area contributed by atoms with E-state index in [-0.39, 0.29) is 11.5 Å². The van der Waals surface area contributed by atoms with Crippen LogP contribution in [0, 0.1) is 23.2 Å². The van der Waals surface area contributed by atoms with Crippen molar-refractivity contribution < 1.29 is 9.53 Å². The summed E-state index contributed by atoms with van der Waals surface area (Å²) >= 11 is 5.91.